The average molecular weight is 310 g/mol. The van der Waals surface area contributed by atoms with Gasteiger partial charge in [-0.1, -0.05) is 27.2 Å². The van der Waals surface area contributed by atoms with Crippen LogP contribution in [0.15, 0.2) is 0 Å². The summed E-state index contributed by atoms with van der Waals surface area (Å²) in [5, 5.41) is 10.3. The van der Waals surface area contributed by atoms with E-state index in [2.05, 4.69) is 20.8 Å². The largest absolute Gasteiger partial charge is 0.466 e. The van der Waals surface area contributed by atoms with Gasteiger partial charge in [-0.05, 0) is 68.1 Å². The molecule has 2 fully saturated rings. The Morgan fingerprint density at radius 3 is 2.73 bits per heavy atom. The van der Waals surface area contributed by atoms with Crippen molar-refractivity contribution in [3.63, 3.8) is 0 Å². The Bertz CT molecular complexity index is 390. The number of aliphatic hydroxyl groups is 1. The maximum Gasteiger partial charge on any atom is 0.305 e. The molecule has 2 unspecified atom stereocenters. The number of fused-ring (bicyclic) bond motifs is 1. The first-order chi connectivity index (χ1) is 10.3. The first-order valence-corrected chi connectivity index (χ1v) is 9.12. The lowest BCUT2D eigenvalue weighted by Gasteiger charge is -2.45. The monoisotopic (exact) mass is 310 g/mol. The van der Waals surface area contributed by atoms with Crippen molar-refractivity contribution in [3.05, 3.63) is 0 Å². The Morgan fingerprint density at radius 2 is 2.05 bits per heavy atom. The molecule has 2 aliphatic rings. The molecule has 0 aromatic carbocycles. The fourth-order valence-electron chi connectivity index (χ4n) is 5.04. The Labute approximate surface area is 135 Å². The molecular formula is C19H34O3. The topological polar surface area (TPSA) is 46.5 Å². The van der Waals surface area contributed by atoms with E-state index in [0.717, 1.165) is 25.7 Å². The minimum Gasteiger partial charge on any atom is -0.466 e. The van der Waals surface area contributed by atoms with Crippen molar-refractivity contribution in [2.24, 2.45) is 22.7 Å². The third-order valence-electron chi connectivity index (χ3n) is 6.40. The van der Waals surface area contributed by atoms with Gasteiger partial charge in [-0.25, -0.2) is 0 Å². The van der Waals surface area contributed by atoms with Crippen LogP contribution < -0.4 is 0 Å². The quantitative estimate of drug-likeness (QED) is 0.743. The molecule has 0 bridgehead atoms. The summed E-state index contributed by atoms with van der Waals surface area (Å²) in [6.45, 7) is 9.29. The van der Waals surface area contributed by atoms with Gasteiger partial charge in [-0.3, -0.25) is 4.79 Å². The molecular weight excluding hydrogens is 276 g/mol. The summed E-state index contributed by atoms with van der Waals surface area (Å²) < 4.78 is 5.06. The van der Waals surface area contributed by atoms with Crippen LogP contribution in [0.5, 0.6) is 0 Å². The van der Waals surface area contributed by atoms with E-state index in [1.165, 1.54) is 19.3 Å². The smallest absolute Gasteiger partial charge is 0.305 e. The Balaban J connectivity index is 1.93. The molecule has 0 aliphatic heterocycles. The number of hydrogen-bond acceptors (Lipinski definition) is 3. The molecule has 3 nitrogen and oxygen atoms in total. The summed E-state index contributed by atoms with van der Waals surface area (Å²) >= 11 is 0. The lowest BCUT2D eigenvalue weighted by atomic mass is 9.61. The summed E-state index contributed by atoms with van der Waals surface area (Å²) in [5.74, 6) is 1.11. The number of hydrogen-bond donors (Lipinski definition) is 1. The van der Waals surface area contributed by atoms with Gasteiger partial charge in [-0.15, -0.1) is 0 Å². The van der Waals surface area contributed by atoms with Crippen LogP contribution in [0.1, 0.15) is 79.1 Å². The highest BCUT2D eigenvalue weighted by atomic mass is 16.5. The fourth-order valence-corrected chi connectivity index (χ4v) is 5.04. The zero-order valence-electron chi connectivity index (χ0n) is 14.9. The second kappa shape index (κ2) is 6.90. The van der Waals surface area contributed by atoms with Crippen LogP contribution in [0.3, 0.4) is 0 Å². The van der Waals surface area contributed by atoms with Gasteiger partial charge in [0, 0.05) is 6.42 Å². The zero-order valence-corrected chi connectivity index (χ0v) is 14.9. The number of rotatable bonds is 6. The molecule has 2 aliphatic carbocycles. The molecule has 0 aromatic rings. The van der Waals surface area contributed by atoms with Crippen LogP contribution in [0.2, 0.25) is 0 Å². The molecule has 0 heterocycles. The molecule has 0 radical (unpaired) electrons. The van der Waals surface area contributed by atoms with E-state index in [-0.39, 0.29) is 17.5 Å². The van der Waals surface area contributed by atoms with Gasteiger partial charge < -0.3 is 9.84 Å². The van der Waals surface area contributed by atoms with Crippen LogP contribution in [-0.4, -0.2) is 23.8 Å². The number of esters is 1. The van der Waals surface area contributed by atoms with Gasteiger partial charge in [0.1, 0.15) is 0 Å². The SMILES string of the molecule is CCOC(=O)CCC(C)(C)CC1CCC2[C@@H](O)CCC[C@]12C. The minimum absolute atomic E-state index is 0.0702. The summed E-state index contributed by atoms with van der Waals surface area (Å²) in [6.07, 6.45) is 8.30. The predicted octanol–water partition coefficient (Wildman–Crippen LogP) is 4.32. The van der Waals surface area contributed by atoms with Crippen LogP contribution in [0.4, 0.5) is 0 Å². The van der Waals surface area contributed by atoms with Crippen molar-refractivity contribution in [3.8, 4) is 0 Å². The zero-order chi connectivity index (χ0) is 16.4. The van der Waals surface area contributed by atoms with E-state index in [4.69, 9.17) is 4.74 Å². The van der Waals surface area contributed by atoms with Crippen molar-refractivity contribution in [2.45, 2.75) is 85.2 Å². The lowest BCUT2D eigenvalue weighted by molar-refractivity contribution is -0.143. The average Bonchev–Trinajstić information content (AvgIpc) is 2.75. The summed E-state index contributed by atoms with van der Waals surface area (Å²) in [5.41, 5.74) is 0.469. The predicted molar refractivity (Wildman–Crippen MR) is 88.4 cm³/mol. The summed E-state index contributed by atoms with van der Waals surface area (Å²) in [4.78, 5) is 11.6. The molecule has 22 heavy (non-hydrogen) atoms. The maximum atomic E-state index is 11.6. The molecule has 128 valence electrons. The number of carbonyl (C=O) groups excluding carboxylic acids is 1. The lowest BCUT2D eigenvalue weighted by Crippen LogP contribution is -2.40. The molecule has 0 saturated heterocycles. The molecule has 2 saturated carbocycles. The number of carbonyl (C=O) groups is 1. The van der Waals surface area contributed by atoms with Crippen LogP contribution in [0.25, 0.3) is 0 Å². The fraction of sp³-hybridized carbons (Fsp3) is 0.947. The Kier molecular flexibility index (Phi) is 5.58. The van der Waals surface area contributed by atoms with Gasteiger partial charge in [0.15, 0.2) is 0 Å². The van der Waals surface area contributed by atoms with Gasteiger partial charge in [0.05, 0.1) is 12.7 Å². The highest BCUT2D eigenvalue weighted by Crippen LogP contribution is 2.58. The highest BCUT2D eigenvalue weighted by Gasteiger charge is 2.51. The maximum absolute atomic E-state index is 11.6. The van der Waals surface area contributed by atoms with E-state index in [9.17, 15) is 9.90 Å². The molecule has 0 amide bonds. The molecule has 0 aromatic heterocycles. The van der Waals surface area contributed by atoms with Crippen molar-refractivity contribution >= 4 is 5.97 Å². The standard InChI is InChI=1S/C19H34O3/c1-5-22-17(21)10-12-18(2,3)13-14-8-9-15-16(20)7-6-11-19(14,15)4/h14-16,20H,5-13H2,1-4H3/t14?,15?,16-,19+/m0/s1. The van der Waals surface area contributed by atoms with Crippen LogP contribution >= 0.6 is 0 Å². The van der Waals surface area contributed by atoms with Crippen molar-refractivity contribution in [2.75, 3.05) is 6.61 Å². The summed E-state index contributed by atoms with van der Waals surface area (Å²) in [6, 6.07) is 0. The van der Waals surface area contributed by atoms with E-state index in [1.807, 2.05) is 6.92 Å². The van der Waals surface area contributed by atoms with Crippen LogP contribution in [-0.2, 0) is 9.53 Å². The molecule has 4 atom stereocenters. The van der Waals surface area contributed by atoms with Crippen molar-refractivity contribution in [1.29, 1.82) is 0 Å². The van der Waals surface area contributed by atoms with Crippen molar-refractivity contribution < 1.29 is 14.6 Å². The van der Waals surface area contributed by atoms with E-state index in [0.29, 0.717) is 30.3 Å². The first-order valence-electron chi connectivity index (χ1n) is 9.12. The summed E-state index contributed by atoms with van der Waals surface area (Å²) in [7, 11) is 0. The van der Waals surface area contributed by atoms with Gasteiger partial charge in [0.2, 0.25) is 0 Å². The van der Waals surface area contributed by atoms with E-state index >= 15 is 0 Å². The van der Waals surface area contributed by atoms with E-state index in [1.54, 1.807) is 0 Å². The normalized spacial score (nSPS) is 35.2. The number of aliphatic hydroxyl groups excluding tert-OH is 1. The van der Waals surface area contributed by atoms with Crippen LogP contribution in [0, 0.1) is 22.7 Å². The van der Waals surface area contributed by atoms with Gasteiger partial charge in [0.25, 0.3) is 0 Å². The number of ether oxygens (including phenoxy) is 1. The molecule has 1 N–H and O–H groups in total. The molecule has 3 heteroatoms. The molecule has 2 rings (SSSR count). The van der Waals surface area contributed by atoms with Gasteiger partial charge >= 0.3 is 5.97 Å². The second-order valence-corrected chi connectivity index (χ2v) is 8.52. The molecule has 0 spiro atoms. The minimum atomic E-state index is -0.0913. The van der Waals surface area contributed by atoms with Crippen molar-refractivity contribution in [1.82, 2.24) is 0 Å². The highest BCUT2D eigenvalue weighted by molar-refractivity contribution is 5.69. The Morgan fingerprint density at radius 1 is 1.32 bits per heavy atom. The third-order valence-corrected chi connectivity index (χ3v) is 6.40. The third kappa shape index (κ3) is 3.84. The van der Waals surface area contributed by atoms with Gasteiger partial charge in [-0.2, -0.15) is 0 Å². The van der Waals surface area contributed by atoms with E-state index < -0.39 is 0 Å². The first kappa shape index (κ1) is 17.8. The Hall–Kier alpha value is -0.570. The second-order valence-electron chi connectivity index (χ2n) is 8.52.